The molecule has 5 nitrogen and oxygen atoms in total. The van der Waals surface area contributed by atoms with Gasteiger partial charge < -0.3 is 14.0 Å². The van der Waals surface area contributed by atoms with Gasteiger partial charge in [0.1, 0.15) is 11.4 Å². The van der Waals surface area contributed by atoms with Crippen LogP contribution < -0.4 is 10.2 Å². The van der Waals surface area contributed by atoms with E-state index in [9.17, 15) is 18.4 Å². The van der Waals surface area contributed by atoms with E-state index < -0.39 is 24.1 Å². The summed E-state index contributed by atoms with van der Waals surface area (Å²) >= 11 is 3.03. The molecule has 3 rings (SSSR count). The Kier molecular flexibility index (Phi) is 4.58. The summed E-state index contributed by atoms with van der Waals surface area (Å²) in [5.41, 5.74) is -0.582. The van der Waals surface area contributed by atoms with Crippen LogP contribution in [0.3, 0.4) is 0 Å². The first-order chi connectivity index (χ1) is 11.5. The molecule has 0 amide bonds. The lowest BCUT2D eigenvalue weighted by Crippen LogP contribution is -2.21. The minimum atomic E-state index is -1.17. The molecule has 1 aromatic carbocycles. The Morgan fingerprint density at radius 2 is 2.17 bits per heavy atom. The maximum absolute atomic E-state index is 14.1. The maximum Gasteiger partial charge on any atom is 0.343 e. The molecule has 8 heteroatoms. The van der Waals surface area contributed by atoms with Crippen LogP contribution in [-0.2, 0) is 4.74 Å². The molecule has 0 radical (unpaired) electrons. The number of aromatic nitrogens is 1. The summed E-state index contributed by atoms with van der Waals surface area (Å²) in [6.45, 7) is 0.572. The SMILES string of the molecule is CCOC(=O)c1cn(C2CC2)c2c(OCF)c(Br)c(F)cc2c1=O. The van der Waals surface area contributed by atoms with Crippen molar-refractivity contribution < 1.29 is 23.0 Å². The average molecular weight is 402 g/mol. The van der Waals surface area contributed by atoms with E-state index in [2.05, 4.69) is 15.9 Å². The Bertz CT molecular complexity index is 877. The van der Waals surface area contributed by atoms with Gasteiger partial charge in [-0.1, -0.05) is 0 Å². The van der Waals surface area contributed by atoms with Crippen molar-refractivity contribution in [2.45, 2.75) is 25.8 Å². The molecule has 0 atom stereocenters. The van der Waals surface area contributed by atoms with Gasteiger partial charge in [0.2, 0.25) is 12.3 Å². The zero-order valence-corrected chi connectivity index (χ0v) is 14.4. The highest BCUT2D eigenvalue weighted by atomic mass is 79.9. The number of carbonyl (C=O) groups excluding carboxylic acids is 1. The predicted molar refractivity (Wildman–Crippen MR) is 86.7 cm³/mol. The van der Waals surface area contributed by atoms with Crippen LogP contribution in [-0.4, -0.2) is 24.0 Å². The number of carbonyl (C=O) groups is 1. The van der Waals surface area contributed by atoms with Gasteiger partial charge in [-0.05, 0) is 41.8 Å². The quantitative estimate of drug-likeness (QED) is 0.716. The highest BCUT2D eigenvalue weighted by molar-refractivity contribution is 9.10. The van der Waals surface area contributed by atoms with E-state index in [0.29, 0.717) is 0 Å². The lowest BCUT2D eigenvalue weighted by Gasteiger charge is -2.17. The lowest BCUT2D eigenvalue weighted by atomic mass is 10.1. The van der Waals surface area contributed by atoms with Gasteiger partial charge in [-0.15, -0.1) is 0 Å². The molecule has 0 aliphatic heterocycles. The lowest BCUT2D eigenvalue weighted by molar-refractivity contribution is 0.0524. The first-order valence-electron chi connectivity index (χ1n) is 7.42. The third kappa shape index (κ3) is 2.79. The van der Waals surface area contributed by atoms with Gasteiger partial charge in [0.25, 0.3) is 0 Å². The summed E-state index contributed by atoms with van der Waals surface area (Å²) in [4.78, 5) is 24.7. The van der Waals surface area contributed by atoms with Crippen molar-refractivity contribution in [3.63, 3.8) is 0 Å². The van der Waals surface area contributed by atoms with Gasteiger partial charge in [0.15, 0.2) is 5.75 Å². The Balaban J connectivity index is 2.38. The number of esters is 1. The van der Waals surface area contributed by atoms with Gasteiger partial charge in [-0.3, -0.25) is 4.79 Å². The Labute approximate surface area is 144 Å². The molecule has 128 valence electrons. The summed E-state index contributed by atoms with van der Waals surface area (Å²) in [5, 5.41) is -0.0448. The topological polar surface area (TPSA) is 57.5 Å². The molecule has 0 unspecified atom stereocenters. The molecule has 0 bridgehead atoms. The molecule has 1 aliphatic rings. The number of rotatable bonds is 5. The Hall–Kier alpha value is -1.96. The zero-order chi connectivity index (χ0) is 17.4. The van der Waals surface area contributed by atoms with Crippen molar-refractivity contribution in [2.24, 2.45) is 0 Å². The molecule has 0 N–H and O–H groups in total. The Morgan fingerprint density at radius 3 is 2.75 bits per heavy atom. The predicted octanol–water partition coefficient (Wildman–Crippen LogP) is 3.72. The van der Waals surface area contributed by atoms with Gasteiger partial charge in [-0.2, -0.15) is 0 Å². The third-order valence-corrected chi connectivity index (χ3v) is 4.54. The second-order valence-electron chi connectivity index (χ2n) is 5.38. The van der Waals surface area contributed by atoms with E-state index in [-0.39, 0.29) is 39.3 Å². The monoisotopic (exact) mass is 401 g/mol. The van der Waals surface area contributed by atoms with Crippen molar-refractivity contribution in [2.75, 3.05) is 13.5 Å². The van der Waals surface area contributed by atoms with E-state index >= 15 is 0 Å². The molecular weight excluding hydrogens is 388 g/mol. The second-order valence-corrected chi connectivity index (χ2v) is 6.17. The summed E-state index contributed by atoms with van der Waals surface area (Å²) < 4.78 is 38.3. The van der Waals surface area contributed by atoms with E-state index in [0.717, 1.165) is 18.9 Å². The fourth-order valence-corrected chi connectivity index (χ4v) is 3.03. The van der Waals surface area contributed by atoms with E-state index in [1.807, 2.05) is 0 Å². The van der Waals surface area contributed by atoms with Gasteiger partial charge >= 0.3 is 5.97 Å². The number of hydrogen-bond donors (Lipinski definition) is 0. The van der Waals surface area contributed by atoms with Gasteiger partial charge in [0, 0.05) is 12.2 Å². The van der Waals surface area contributed by atoms with E-state index in [4.69, 9.17) is 9.47 Å². The molecule has 1 saturated carbocycles. The molecule has 1 fully saturated rings. The largest absolute Gasteiger partial charge is 0.462 e. The van der Waals surface area contributed by atoms with Crippen LogP contribution in [0.5, 0.6) is 5.75 Å². The van der Waals surface area contributed by atoms with Crippen LogP contribution in [0.4, 0.5) is 8.78 Å². The molecule has 24 heavy (non-hydrogen) atoms. The number of fused-ring (bicyclic) bond motifs is 1. The number of nitrogens with zero attached hydrogens (tertiary/aromatic N) is 1. The number of alkyl halides is 1. The second kappa shape index (κ2) is 6.51. The molecule has 1 heterocycles. The average Bonchev–Trinajstić information content (AvgIpc) is 3.38. The van der Waals surface area contributed by atoms with Crippen LogP contribution in [0.1, 0.15) is 36.2 Å². The highest BCUT2D eigenvalue weighted by Crippen LogP contribution is 2.42. The molecule has 0 spiro atoms. The third-order valence-electron chi connectivity index (χ3n) is 3.80. The van der Waals surface area contributed by atoms with Gasteiger partial charge in [0.05, 0.1) is 22.0 Å². The highest BCUT2D eigenvalue weighted by Gasteiger charge is 2.30. The molecule has 2 aromatic rings. The summed E-state index contributed by atoms with van der Waals surface area (Å²) in [6, 6.07) is 1.06. The number of benzene rings is 1. The van der Waals surface area contributed by atoms with Gasteiger partial charge in [-0.25, -0.2) is 13.6 Å². The zero-order valence-electron chi connectivity index (χ0n) is 12.8. The van der Waals surface area contributed by atoms with Crippen molar-refractivity contribution >= 4 is 32.8 Å². The maximum atomic E-state index is 14.1. The molecule has 1 aliphatic carbocycles. The Morgan fingerprint density at radius 1 is 1.46 bits per heavy atom. The number of halogens is 3. The summed E-state index contributed by atoms with van der Waals surface area (Å²) in [7, 11) is 0. The minimum absolute atomic E-state index is 0.0422. The summed E-state index contributed by atoms with van der Waals surface area (Å²) in [6.07, 6.45) is 3.06. The van der Waals surface area contributed by atoms with Crippen molar-refractivity contribution in [3.05, 3.63) is 38.3 Å². The fourth-order valence-electron chi connectivity index (χ4n) is 2.61. The van der Waals surface area contributed by atoms with Crippen molar-refractivity contribution in [1.29, 1.82) is 0 Å². The van der Waals surface area contributed by atoms with Crippen LogP contribution in [0.15, 0.2) is 21.5 Å². The minimum Gasteiger partial charge on any atom is -0.462 e. The first-order valence-corrected chi connectivity index (χ1v) is 8.21. The molecule has 1 aromatic heterocycles. The normalized spacial score (nSPS) is 14.0. The first kappa shape index (κ1) is 16.9. The standard InChI is InChI=1S/C16H14BrF2NO4/c1-2-23-16(22)10-6-20(8-3-4-8)13-9(14(10)21)5-11(19)12(17)15(13)24-7-18/h5-6,8H,2-4,7H2,1H3. The number of hydrogen-bond acceptors (Lipinski definition) is 4. The van der Waals surface area contributed by atoms with Crippen molar-refractivity contribution in [3.8, 4) is 5.75 Å². The molecular formula is C16H14BrF2NO4. The van der Waals surface area contributed by atoms with Crippen LogP contribution >= 0.6 is 15.9 Å². The van der Waals surface area contributed by atoms with E-state index in [1.165, 1.54) is 6.20 Å². The summed E-state index contributed by atoms with van der Waals surface area (Å²) in [5.74, 6) is -1.63. The molecule has 0 saturated heterocycles. The van der Waals surface area contributed by atoms with Crippen molar-refractivity contribution in [1.82, 2.24) is 4.57 Å². The number of pyridine rings is 1. The number of ether oxygens (including phenoxy) is 2. The van der Waals surface area contributed by atoms with Crippen LogP contribution in [0, 0.1) is 5.82 Å². The van der Waals surface area contributed by atoms with Crippen LogP contribution in [0.25, 0.3) is 10.9 Å². The fraction of sp³-hybridized carbons (Fsp3) is 0.375. The smallest absolute Gasteiger partial charge is 0.343 e. The van der Waals surface area contributed by atoms with E-state index in [1.54, 1.807) is 11.5 Å². The van der Waals surface area contributed by atoms with Crippen LogP contribution in [0.2, 0.25) is 0 Å².